The van der Waals surface area contributed by atoms with Crippen molar-refractivity contribution in [3.05, 3.63) is 22.7 Å². The molecule has 1 saturated heterocycles. The van der Waals surface area contributed by atoms with E-state index in [0.717, 1.165) is 50.5 Å². The van der Waals surface area contributed by atoms with Gasteiger partial charge in [-0.2, -0.15) is 0 Å². The molecule has 1 aromatic rings. The molecule has 3 rings (SSSR count). The molecule has 0 saturated carbocycles. The predicted molar refractivity (Wildman–Crippen MR) is 77.7 cm³/mol. The van der Waals surface area contributed by atoms with Gasteiger partial charge in [-0.15, -0.1) is 0 Å². The Morgan fingerprint density at radius 1 is 1.20 bits per heavy atom. The highest BCUT2D eigenvalue weighted by atomic mass is 35.5. The third kappa shape index (κ3) is 3.37. The van der Waals surface area contributed by atoms with E-state index in [1.54, 1.807) is 0 Å². The lowest BCUT2D eigenvalue weighted by Gasteiger charge is -2.13. The summed E-state index contributed by atoms with van der Waals surface area (Å²) in [5.74, 6) is 2.07. The van der Waals surface area contributed by atoms with E-state index in [1.165, 1.54) is 0 Å². The van der Waals surface area contributed by atoms with Crippen LogP contribution < -0.4 is 14.8 Å². The summed E-state index contributed by atoms with van der Waals surface area (Å²) in [5.41, 5.74) is 1.12. The molecule has 1 atom stereocenters. The van der Waals surface area contributed by atoms with Gasteiger partial charge in [-0.05, 0) is 30.0 Å². The molecule has 2 heterocycles. The van der Waals surface area contributed by atoms with E-state index in [4.69, 9.17) is 25.8 Å². The van der Waals surface area contributed by atoms with Gasteiger partial charge in [-0.1, -0.05) is 11.6 Å². The standard InChI is InChI=1S/C15H20ClNO3/c16-13-6-12(9-17-8-11-2-5-18-10-11)7-14-15(13)20-4-1-3-19-14/h6-7,11,17H,1-5,8-10H2. The minimum atomic E-state index is 0.630. The lowest BCUT2D eigenvalue weighted by molar-refractivity contribution is 0.185. The molecular formula is C15H20ClNO3. The van der Waals surface area contributed by atoms with E-state index in [1.807, 2.05) is 12.1 Å². The van der Waals surface area contributed by atoms with Crippen LogP contribution >= 0.6 is 11.6 Å². The molecule has 1 unspecified atom stereocenters. The first kappa shape index (κ1) is 14.0. The molecule has 0 bridgehead atoms. The van der Waals surface area contributed by atoms with Crippen molar-refractivity contribution in [2.75, 3.05) is 33.0 Å². The van der Waals surface area contributed by atoms with Crippen molar-refractivity contribution in [1.82, 2.24) is 5.32 Å². The average molecular weight is 298 g/mol. The van der Waals surface area contributed by atoms with Crippen LogP contribution in [0.15, 0.2) is 12.1 Å². The second kappa shape index (κ2) is 6.66. The van der Waals surface area contributed by atoms with Gasteiger partial charge in [0.25, 0.3) is 0 Å². The zero-order chi connectivity index (χ0) is 13.8. The van der Waals surface area contributed by atoms with Crippen LogP contribution in [0.4, 0.5) is 0 Å². The number of nitrogens with one attached hydrogen (secondary N) is 1. The molecule has 0 spiro atoms. The Morgan fingerprint density at radius 3 is 2.95 bits per heavy atom. The van der Waals surface area contributed by atoms with Gasteiger partial charge in [0.1, 0.15) is 0 Å². The Balaban J connectivity index is 1.61. The molecule has 2 aliphatic rings. The molecule has 1 aromatic carbocycles. The van der Waals surface area contributed by atoms with Crippen LogP contribution in [-0.2, 0) is 11.3 Å². The predicted octanol–water partition coefficient (Wildman–Crippen LogP) is 2.63. The lowest BCUT2D eigenvalue weighted by Crippen LogP contribution is -2.22. The largest absolute Gasteiger partial charge is 0.489 e. The van der Waals surface area contributed by atoms with Gasteiger partial charge in [0.05, 0.1) is 24.8 Å². The SMILES string of the molecule is Clc1cc(CNCC2CCOC2)cc2c1OCCCO2. The first-order valence-electron chi connectivity index (χ1n) is 7.19. The van der Waals surface area contributed by atoms with E-state index in [2.05, 4.69) is 5.32 Å². The first-order chi connectivity index (χ1) is 9.83. The number of fused-ring (bicyclic) bond motifs is 1. The molecule has 0 radical (unpaired) electrons. The minimum Gasteiger partial charge on any atom is -0.489 e. The van der Waals surface area contributed by atoms with Crippen molar-refractivity contribution >= 4 is 11.6 Å². The summed E-state index contributed by atoms with van der Waals surface area (Å²) in [6.07, 6.45) is 2.04. The van der Waals surface area contributed by atoms with Crippen molar-refractivity contribution < 1.29 is 14.2 Å². The van der Waals surface area contributed by atoms with Crippen molar-refractivity contribution in [3.63, 3.8) is 0 Å². The fourth-order valence-corrected chi connectivity index (χ4v) is 2.84. The lowest BCUT2D eigenvalue weighted by atomic mass is 10.1. The van der Waals surface area contributed by atoms with Crippen LogP contribution in [-0.4, -0.2) is 33.0 Å². The molecule has 1 fully saturated rings. The van der Waals surface area contributed by atoms with Gasteiger partial charge >= 0.3 is 0 Å². The summed E-state index contributed by atoms with van der Waals surface area (Å²) < 4.78 is 16.7. The summed E-state index contributed by atoms with van der Waals surface area (Å²) in [7, 11) is 0. The third-order valence-corrected chi connectivity index (χ3v) is 3.93. The Kier molecular flexibility index (Phi) is 4.65. The highest BCUT2D eigenvalue weighted by Crippen LogP contribution is 2.37. The van der Waals surface area contributed by atoms with Crippen molar-refractivity contribution in [2.24, 2.45) is 5.92 Å². The fraction of sp³-hybridized carbons (Fsp3) is 0.600. The van der Waals surface area contributed by atoms with Gasteiger partial charge in [0, 0.05) is 26.1 Å². The van der Waals surface area contributed by atoms with E-state index in [-0.39, 0.29) is 0 Å². The first-order valence-corrected chi connectivity index (χ1v) is 7.57. The Morgan fingerprint density at radius 2 is 2.10 bits per heavy atom. The molecule has 5 heteroatoms. The highest BCUT2D eigenvalue weighted by Gasteiger charge is 2.17. The molecule has 2 aliphatic heterocycles. The van der Waals surface area contributed by atoms with Crippen molar-refractivity contribution in [3.8, 4) is 11.5 Å². The fourth-order valence-electron chi connectivity index (χ4n) is 2.55. The quantitative estimate of drug-likeness (QED) is 0.927. The maximum Gasteiger partial charge on any atom is 0.179 e. The van der Waals surface area contributed by atoms with Gasteiger partial charge in [0.2, 0.25) is 0 Å². The molecular weight excluding hydrogens is 278 g/mol. The minimum absolute atomic E-state index is 0.630. The molecule has 0 amide bonds. The van der Waals surface area contributed by atoms with Crippen LogP contribution in [0, 0.1) is 5.92 Å². The number of ether oxygens (including phenoxy) is 3. The second-order valence-electron chi connectivity index (χ2n) is 5.32. The Labute approximate surface area is 124 Å². The van der Waals surface area contributed by atoms with Gasteiger partial charge in [-0.25, -0.2) is 0 Å². The Bertz CT molecular complexity index is 461. The molecule has 0 aliphatic carbocycles. The third-order valence-electron chi connectivity index (χ3n) is 3.65. The summed E-state index contributed by atoms with van der Waals surface area (Å²) in [6, 6.07) is 3.97. The monoisotopic (exact) mass is 297 g/mol. The zero-order valence-corrected chi connectivity index (χ0v) is 12.2. The van der Waals surface area contributed by atoms with Crippen LogP contribution in [0.5, 0.6) is 11.5 Å². The van der Waals surface area contributed by atoms with Gasteiger partial charge in [0.15, 0.2) is 11.5 Å². The average Bonchev–Trinajstić information content (AvgIpc) is 2.83. The maximum atomic E-state index is 6.27. The van der Waals surface area contributed by atoms with Gasteiger partial charge in [-0.3, -0.25) is 0 Å². The summed E-state index contributed by atoms with van der Waals surface area (Å²) >= 11 is 6.27. The van der Waals surface area contributed by atoms with Crippen LogP contribution in [0.3, 0.4) is 0 Å². The summed E-state index contributed by atoms with van der Waals surface area (Å²) in [5, 5.41) is 4.09. The smallest absolute Gasteiger partial charge is 0.179 e. The number of hydrogen-bond acceptors (Lipinski definition) is 4. The van der Waals surface area contributed by atoms with E-state index >= 15 is 0 Å². The number of halogens is 1. The maximum absolute atomic E-state index is 6.27. The molecule has 1 N–H and O–H groups in total. The zero-order valence-electron chi connectivity index (χ0n) is 11.5. The number of rotatable bonds is 4. The van der Waals surface area contributed by atoms with Crippen LogP contribution in [0.2, 0.25) is 5.02 Å². The molecule has 20 heavy (non-hydrogen) atoms. The Hall–Kier alpha value is -0.970. The molecule has 0 aromatic heterocycles. The second-order valence-corrected chi connectivity index (χ2v) is 5.72. The number of hydrogen-bond donors (Lipinski definition) is 1. The van der Waals surface area contributed by atoms with E-state index in [0.29, 0.717) is 29.9 Å². The summed E-state index contributed by atoms with van der Waals surface area (Å²) in [6.45, 7) is 4.86. The molecule has 4 nitrogen and oxygen atoms in total. The van der Waals surface area contributed by atoms with Crippen molar-refractivity contribution in [1.29, 1.82) is 0 Å². The van der Waals surface area contributed by atoms with Crippen LogP contribution in [0.1, 0.15) is 18.4 Å². The van der Waals surface area contributed by atoms with Gasteiger partial charge < -0.3 is 19.5 Å². The van der Waals surface area contributed by atoms with E-state index < -0.39 is 0 Å². The normalized spacial score (nSPS) is 21.8. The highest BCUT2D eigenvalue weighted by molar-refractivity contribution is 6.32. The van der Waals surface area contributed by atoms with Crippen LogP contribution in [0.25, 0.3) is 0 Å². The topological polar surface area (TPSA) is 39.7 Å². The number of benzene rings is 1. The molecule has 110 valence electrons. The summed E-state index contributed by atoms with van der Waals surface area (Å²) in [4.78, 5) is 0. The van der Waals surface area contributed by atoms with Crippen molar-refractivity contribution in [2.45, 2.75) is 19.4 Å². The van der Waals surface area contributed by atoms with E-state index in [9.17, 15) is 0 Å².